The molecular formula is C11H20N4. The first-order valence-electron chi connectivity index (χ1n) is 5.47. The third-order valence-corrected chi connectivity index (χ3v) is 2.03. The van der Waals surface area contributed by atoms with Crippen molar-refractivity contribution in [2.75, 3.05) is 13.1 Å². The first kappa shape index (κ1) is 12.1. The number of nitrogens with zero attached hydrogens (tertiary/aromatic N) is 2. The summed E-state index contributed by atoms with van der Waals surface area (Å²) in [6.07, 6.45) is 6.38. The normalized spacial score (nSPS) is 10.9. The zero-order chi connectivity index (χ0) is 10.9. The molecule has 1 aromatic rings. The summed E-state index contributed by atoms with van der Waals surface area (Å²) in [5.74, 6) is 0. The molecule has 0 atom stereocenters. The lowest BCUT2D eigenvalue weighted by Crippen LogP contribution is -2.26. The van der Waals surface area contributed by atoms with E-state index in [2.05, 4.69) is 34.4 Å². The third kappa shape index (κ3) is 6.14. The summed E-state index contributed by atoms with van der Waals surface area (Å²) >= 11 is 0. The van der Waals surface area contributed by atoms with Crippen molar-refractivity contribution in [2.45, 2.75) is 32.9 Å². The summed E-state index contributed by atoms with van der Waals surface area (Å²) in [6, 6.07) is 0.576. The fourth-order valence-corrected chi connectivity index (χ4v) is 1.26. The summed E-state index contributed by atoms with van der Waals surface area (Å²) < 4.78 is 0. The maximum Gasteiger partial charge on any atom is 0.115 e. The van der Waals surface area contributed by atoms with E-state index >= 15 is 0 Å². The van der Waals surface area contributed by atoms with Gasteiger partial charge in [-0.05, 0) is 19.5 Å². The van der Waals surface area contributed by atoms with Crippen LogP contribution in [0.15, 0.2) is 18.7 Å². The molecule has 0 aliphatic carbocycles. The van der Waals surface area contributed by atoms with E-state index in [9.17, 15) is 0 Å². The van der Waals surface area contributed by atoms with Crippen LogP contribution < -0.4 is 10.6 Å². The van der Waals surface area contributed by atoms with Crippen molar-refractivity contribution in [3.05, 3.63) is 24.3 Å². The maximum absolute atomic E-state index is 3.96. The second-order valence-electron chi connectivity index (χ2n) is 3.89. The Balaban J connectivity index is 1.98. The van der Waals surface area contributed by atoms with Crippen molar-refractivity contribution < 1.29 is 0 Å². The fraction of sp³-hybridized carbons (Fsp3) is 0.636. The van der Waals surface area contributed by atoms with Gasteiger partial charge in [0.15, 0.2) is 0 Å². The molecule has 0 aromatic carbocycles. The lowest BCUT2D eigenvalue weighted by atomic mass is 10.3. The second kappa shape index (κ2) is 7.31. The van der Waals surface area contributed by atoms with E-state index < -0.39 is 0 Å². The van der Waals surface area contributed by atoms with Crippen molar-refractivity contribution in [1.82, 2.24) is 20.6 Å². The average molecular weight is 208 g/mol. The van der Waals surface area contributed by atoms with Crippen LogP contribution in [0.4, 0.5) is 0 Å². The van der Waals surface area contributed by atoms with E-state index in [1.165, 1.54) is 0 Å². The van der Waals surface area contributed by atoms with Crippen molar-refractivity contribution in [3.8, 4) is 0 Å². The Morgan fingerprint density at radius 3 is 2.60 bits per heavy atom. The van der Waals surface area contributed by atoms with Gasteiger partial charge in [0.05, 0.1) is 0 Å². The summed E-state index contributed by atoms with van der Waals surface area (Å²) in [6.45, 7) is 7.26. The highest BCUT2D eigenvalue weighted by atomic mass is 14.9. The highest BCUT2D eigenvalue weighted by Gasteiger charge is 1.93. The molecule has 0 bridgehead atoms. The van der Waals surface area contributed by atoms with Crippen LogP contribution in [0.3, 0.4) is 0 Å². The minimum Gasteiger partial charge on any atom is -0.314 e. The van der Waals surface area contributed by atoms with Gasteiger partial charge in [-0.25, -0.2) is 9.97 Å². The largest absolute Gasteiger partial charge is 0.314 e. The van der Waals surface area contributed by atoms with Gasteiger partial charge >= 0.3 is 0 Å². The minimum atomic E-state index is 0.576. The Bertz CT molecular complexity index is 248. The second-order valence-corrected chi connectivity index (χ2v) is 3.89. The Morgan fingerprint density at radius 2 is 1.93 bits per heavy atom. The van der Waals surface area contributed by atoms with E-state index in [-0.39, 0.29) is 0 Å². The molecule has 84 valence electrons. The molecule has 4 nitrogen and oxygen atoms in total. The van der Waals surface area contributed by atoms with E-state index in [1.54, 1.807) is 6.33 Å². The zero-order valence-corrected chi connectivity index (χ0v) is 9.53. The molecule has 1 heterocycles. The smallest absolute Gasteiger partial charge is 0.115 e. The summed E-state index contributed by atoms with van der Waals surface area (Å²) in [7, 11) is 0. The SMILES string of the molecule is CC(C)NCCCNCc1cncnc1. The van der Waals surface area contributed by atoms with Crippen molar-refractivity contribution in [3.63, 3.8) is 0 Å². The first-order chi connectivity index (χ1) is 7.29. The Morgan fingerprint density at radius 1 is 1.20 bits per heavy atom. The van der Waals surface area contributed by atoms with Crippen LogP contribution in [0.1, 0.15) is 25.8 Å². The molecule has 0 saturated heterocycles. The highest BCUT2D eigenvalue weighted by molar-refractivity contribution is 5.01. The molecule has 0 amide bonds. The number of aromatic nitrogens is 2. The first-order valence-corrected chi connectivity index (χ1v) is 5.47. The third-order valence-electron chi connectivity index (χ3n) is 2.03. The predicted molar refractivity (Wildman–Crippen MR) is 61.5 cm³/mol. The lowest BCUT2D eigenvalue weighted by molar-refractivity contribution is 0.547. The summed E-state index contributed by atoms with van der Waals surface area (Å²) in [5, 5.41) is 6.73. The Kier molecular flexibility index (Phi) is 5.88. The van der Waals surface area contributed by atoms with Gasteiger partial charge in [-0.3, -0.25) is 0 Å². The van der Waals surface area contributed by atoms with Crippen molar-refractivity contribution in [1.29, 1.82) is 0 Å². The van der Waals surface area contributed by atoms with Gasteiger partial charge < -0.3 is 10.6 Å². The zero-order valence-electron chi connectivity index (χ0n) is 9.53. The highest BCUT2D eigenvalue weighted by Crippen LogP contribution is 1.91. The van der Waals surface area contributed by atoms with Gasteiger partial charge in [0, 0.05) is 30.5 Å². The molecule has 0 radical (unpaired) electrons. The van der Waals surface area contributed by atoms with E-state index in [0.29, 0.717) is 6.04 Å². The quantitative estimate of drug-likeness (QED) is 0.655. The van der Waals surface area contributed by atoms with Gasteiger partial charge in [0.1, 0.15) is 6.33 Å². The topological polar surface area (TPSA) is 49.8 Å². The number of rotatable bonds is 7. The molecule has 1 rings (SSSR count). The molecule has 0 unspecified atom stereocenters. The fourth-order valence-electron chi connectivity index (χ4n) is 1.26. The molecular weight excluding hydrogens is 188 g/mol. The van der Waals surface area contributed by atoms with E-state index in [0.717, 1.165) is 31.6 Å². The average Bonchev–Trinajstić information content (AvgIpc) is 2.24. The number of nitrogens with one attached hydrogen (secondary N) is 2. The van der Waals surface area contributed by atoms with Crippen LogP contribution in [0.25, 0.3) is 0 Å². The van der Waals surface area contributed by atoms with Gasteiger partial charge in [-0.15, -0.1) is 0 Å². The van der Waals surface area contributed by atoms with Gasteiger partial charge in [-0.1, -0.05) is 13.8 Å². The van der Waals surface area contributed by atoms with Crippen LogP contribution in [-0.4, -0.2) is 29.1 Å². The number of hydrogen-bond acceptors (Lipinski definition) is 4. The molecule has 1 aromatic heterocycles. The van der Waals surface area contributed by atoms with E-state index in [4.69, 9.17) is 0 Å². The maximum atomic E-state index is 3.96. The molecule has 15 heavy (non-hydrogen) atoms. The van der Waals surface area contributed by atoms with Gasteiger partial charge in [-0.2, -0.15) is 0 Å². The van der Waals surface area contributed by atoms with Crippen molar-refractivity contribution in [2.24, 2.45) is 0 Å². The van der Waals surface area contributed by atoms with Crippen LogP contribution in [-0.2, 0) is 6.54 Å². The van der Waals surface area contributed by atoms with Crippen molar-refractivity contribution >= 4 is 0 Å². The van der Waals surface area contributed by atoms with Crippen LogP contribution in [0.5, 0.6) is 0 Å². The molecule has 0 saturated carbocycles. The molecule has 0 aliphatic heterocycles. The van der Waals surface area contributed by atoms with Gasteiger partial charge in [0.25, 0.3) is 0 Å². The summed E-state index contributed by atoms with van der Waals surface area (Å²) in [5.41, 5.74) is 1.13. The molecule has 0 aliphatic rings. The lowest BCUT2D eigenvalue weighted by Gasteiger charge is -2.08. The van der Waals surface area contributed by atoms with Crippen LogP contribution in [0.2, 0.25) is 0 Å². The number of hydrogen-bond donors (Lipinski definition) is 2. The predicted octanol–water partition coefficient (Wildman–Crippen LogP) is 0.954. The van der Waals surface area contributed by atoms with Crippen LogP contribution in [0, 0.1) is 0 Å². The standard InChI is InChI=1S/C11H20N4/c1-10(2)15-5-3-4-12-6-11-7-13-9-14-8-11/h7-10,12,15H,3-6H2,1-2H3. The Labute approximate surface area is 91.5 Å². The van der Waals surface area contributed by atoms with Gasteiger partial charge in [0.2, 0.25) is 0 Å². The molecule has 0 spiro atoms. The minimum absolute atomic E-state index is 0.576. The monoisotopic (exact) mass is 208 g/mol. The Hall–Kier alpha value is -1.00. The molecule has 4 heteroatoms. The van der Waals surface area contributed by atoms with Crippen LogP contribution >= 0.6 is 0 Å². The molecule has 2 N–H and O–H groups in total. The van der Waals surface area contributed by atoms with E-state index in [1.807, 2.05) is 12.4 Å². The summed E-state index contributed by atoms with van der Waals surface area (Å²) in [4.78, 5) is 7.92. The molecule has 0 fully saturated rings.